The molecule has 54 heavy (non-hydrogen) atoms. The zero-order valence-electron chi connectivity index (χ0n) is 34.3. The van der Waals surface area contributed by atoms with Crippen LogP contribution in [-0.4, -0.2) is 132 Å². The van der Waals surface area contributed by atoms with Gasteiger partial charge in [-0.2, -0.15) is 11.8 Å². The van der Waals surface area contributed by atoms with Crippen LogP contribution in [0.25, 0.3) is 0 Å². The molecule has 17 atom stereocenters. The van der Waals surface area contributed by atoms with E-state index in [1.165, 1.54) is 5.57 Å². The third-order valence-corrected chi connectivity index (χ3v) is 14.3. The van der Waals surface area contributed by atoms with Crippen LogP contribution >= 0.6 is 11.8 Å². The molecule has 3 saturated heterocycles. The molecule has 3 aliphatic carbocycles. The predicted octanol–water partition coefficient (Wildman–Crippen LogP) is 5.83. The van der Waals surface area contributed by atoms with Gasteiger partial charge in [-0.15, -0.1) is 0 Å². The Labute approximate surface area is 327 Å². The number of nitrogens with zero attached hydrogens (tertiary/aromatic N) is 1. The first-order valence-corrected chi connectivity index (χ1v) is 21.8. The maximum Gasteiger partial charge on any atom is 0.306 e. The topological polar surface area (TPSA) is 111 Å². The van der Waals surface area contributed by atoms with Crippen LogP contribution in [0.3, 0.4) is 0 Å². The monoisotopic (exact) mass is 777 g/mol. The van der Waals surface area contributed by atoms with E-state index in [-0.39, 0.29) is 96.8 Å². The third kappa shape index (κ3) is 8.87. The summed E-state index contributed by atoms with van der Waals surface area (Å²) in [5, 5.41) is 0. The summed E-state index contributed by atoms with van der Waals surface area (Å²) in [6, 6.07) is 0.335. The van der Waals surface area contributed by atoms with Gasteiger partial charge >= 0.3 is 5.97 Å². The first-order chi connectivity index (χ1) is 25.9. The molecule has 1 saturated carbocycles. The Morgan fingerprint density at radius 1 is 0.833 bits per heavy atom. The van der Waals surface area contributed by atoms with Crippen LogP contribution in [0.1, 0.15) is 79.1 Å². The van der Waals surface area contributed by atoms with Crippen LogP contribution in [0.15, 0.2) is 23.3 Å². The van der Waals surface area contributed by atoms with E-state index in [9.17, 15) is 9.59 Å². The Morgan fingerprint density at radius 2 is 1.57 bits per heavy atom. The second-order valence-corrected chi connectivity index (χ2v) is 17.9. The minimum atomic E-state index is -0.600. The number of ether oxygens (including phenoxy) is 8. The van der Waals surface area contributed by atoms with Gasteiger partial charge in [0.1, 0.15) is 24.4 Å². The number of carbonyl (C=O) groups excluding carboxylic acids is 2. The SMILES string of the molecule is COC1C(C)OC(OC2CC3C(C)=CC4C5CC(=O)OC(CSC)CCCC(OC6CCC(N(C)C)C(C)O6)C(C)C(=O)C5=CC4C3C2)C(OC)C1OC. The number of esters is 1. The number of rotatable bonds is 10. The van der Waals surface area contributed by atoms with Crippen molar-refractivity contribution < 1.29 is 47.5 Å². The van der Waals surface area contributed by atoms with Gasteiger partial charge in [0.05, 0.1) is 30.8 Å². The fraction of sp³-hybridized carbons (Fsp3) is 0.857. The van der Waals surface area contributed by atoms with Gasteiger partial charge in [0.2, 0.25) is 0 Å². The summed E-state index contributed by atoms with van der Waals surface area (Å²) >= 11 is 1.70. The quantitative estimate of drug-likeness (QED) is 0.197. The smallest absolute Gasteiger partial charge is 0.306 e. The van der Waals surface area contributed by atoms with Crippen LogP contribution in [0.5, 0.6) is 0 Å². The van der Waals surface area contributed by atoms with E-state index in [1.807, 2.05) is 13.8 Å². The Balaban J connectivity index is 1.23. The molecular formula is C42H67NO10S. The molecule has 0 aromatic heterocycles. The minimum Gasteiger partial charge on any atom is -0.461 e. The van der Waals surface area contributed by atoms with Crippen molar-refractivity contribution in [1.82, 2.24) is 4.90 Å². The highest BCUT2D eigenvalue weighted by molar-refractivity contribution is 7.98. The molecule has 11 nitrogen and oxygen atoms in total. The lowest BCUT2D eigenvalue weighted by atomic mass is 9.67. The van der Waals surface area contributed by atoms with Gasteiger partial charge in [-0.3, -0.25) is 9.59 Å². The second-order valence-electron chi connectivity index (χ2n) is 17.0. The molecule has 6 rings (SSSR count). The standard InChI is InChI=1S/C42H67NO10S/c1-22-16-29-31(30-18-27(17-28(22)30)52-42-41(48-9)40(47-8)39(46-7)25(4)50-42)19-33-32(29)20-36(44)51-26(21-54-10)12-11-13-35(23(2)38(33)45)53-37-15-14-34(43(5)6)24(3)49-37/h16,19,23-32,34-35,37,39-42H,11-15,17-18,20-21H2,1-10H3. The molecule has 0 aromatic carbocycles. The first-order valence-electron chi connectivity index (χ1n) is 20.4. The average molecular weight is 778 g/mol. The summed E-state index contributed by atoms with van der Waals surface area (Å²) in [5.41, 5.74) is 2.07. The van der Waals surface area contributed by atoms with Gasteiger partial charge in [0.25, 0.3) is 0 Å². The van der Waals surface area contributed by atoms with E-state index in [1.54, 1.807) is 33.1 Å². The molecule has 17 unspecified atom stereocenters. The van der Waals surface area contributed by atoms with Crippen molar-refractivity contribution in [3.05, 3.63) is 23.3 Å². The number of thioether (sulfide) groups is 1. The molecule has 0 amide bonds. The summed E-state index contributed by atoms with van der Waals surface area (Å²) in [5.74, 6) is 0.721. The Morgan fingerprint density at radius 3 is 2.24 bits per heavy atom. The van der Waals surface area contributed by atoms with Gasteiger partial charge in [0, 0.05) is 45.0 Å². The highest BCUT2D eigenvalue weighted by Crippen LogP contribution is 2.56. The van der Waals surface area contributed by atoms with E-state index < -0.39 is 12.4 Å². The fourth-order valence-electron chi connectivity index (χ4n) is 10.8. The summed E-state index contributed by atoms with van der Waals surface area (Å²) < 4.78 is 49.9. The molecule has 0 bridgehead atoms. The largest absolute Gasteiger partial charge is 0.461 e. The lowest BCUT2D eigenvalue weighted by Crippen LogP contribution is -2.59. The lowest BCUT2D eigenvalue weighted by molar-refractivity contribution is -0.314. The molecule has 306 valence electrons. The Bertz CT molecular complexity index is 1360. The molecule has 0 radical (unpaired) electrons. The highest BCUT2D eigenvalue weighted by Gasteiger charge is 2.53. The molecule has 3 heterocycles. The number of Topliss-reactive ketones (excluding diaryl/α,β-unsaturated/α-hetero) is 1. The van der Waals surface area contributed by atoms with Crippen molar-refractivity contribution >= 4 is 23.5 Å². The van der Waals surface area contributed by atoms with E-state index >= 15 is 0 Å². The van der Waals surface area contributed by atoms with Crippen molar-refractivity contribution in [2.45, 2.75) is 147 Å². The van der Waals surface area contributed by atoms with Crippen LogP contribution in [0, 0.1) is 35.5 Å². The lowest BCUT2D eigenvalue weighted by Gasteiger charge is -2.44. The minimum absolute atomic E-state index is 0.0331. The van der Waals surface area contributed by atoms with Crippen molar-refractivity contribution in [3.8, 4) is 0 Å². The highest BCUT2D eigenvalue weighted by atomic mass is 32.2. The molecule has 0 spiro atoms. The number of cyclic esters (lactones) is 1. The van der Waals surface area contributed by atoms with Crippen molar-refractivity contribution in [1.29, 1.82) is 0 Å². The summed E-state index contributed by atoms with van der Waals surface area (Å²) in [7, 11) is 9.17. The second kappa shape index (κ2) is 18.5. The van der Waals surface area contributed by atoms with Crippen LogP contribution < -0.4 is 0 Å². The zero-order valence-corrected chi connectivity index (χ0v) is 35.1. The normalized spacial score (nSPS) is 44.7. The Hall–Kier alpha value is -1.35. The van der Waals surface area contributed by atoms with Gasteiger partial charge < -0.3 is 42.8 Å². The van der Waals surface area contributed by atoms with Gasteiger partial charge in [-0.05, 0) is 115 Å². The summed E-state index contributed by atoms with van der Waals surface area (Å²) in [4.78, 5) is 30.7. The van der Waals surface area contributed by atoms with Gasteiger partial charge in [0.15, 0.2) is 18.4 Å². The molecule has 0 N–H and O–H groups in total. The number of likely N-dealkylation sites (N-methyl/N-ethyl adjacent to an activating group) is 1. The van der Waals surface area contributed by atoms with Gasteiger partial charge in [-0.1, -0.05) is 24.6 Å². The molecule has 3 aliphatic heterocycles. The van der Waals surface area contributed by atoms with Crippen molar-refractivity contribution in [2.75, 3.05) is 47.4 Å². The number of allylic oxidation sites excluding steroid dienone is 4. The maximum atomic E-state index is 14.8. The molecule has 0 aromatic rings. The summed E-state index contributed by atoms with van der Waals surface area (Å²) in [6.45, 7) is 8.32. The van der Waals surface area contributed by atoms with Crippen LogP contribution in [0.4, 0.5) is 0 Å². The van der Waals surface area contributed by atoms with E-state index in [0.717, 1.165) is 49.9 Å². The fourth-order valence-corrected chi connectivity index (χ4v) is 11.4. The molecular weight excluding hydrogens is 711 g/mol. The van der Waals surface area contributed by atoms with Crippen molar-refractivity contribution in [3.63, 3.8) is 0 Å². The number of fused-ring (bicyclic) bond motifs is 5. The number of hydrogen-bond acceptors (Lipinski definition) is 12. The predicted molar refractivity (Wildman–Crippen MR) is 207 cm³/mol. The van der Waals surface area contributed by atoms with Crippen molar-refractivity contribution in [2.24, 2.45) is 35.5 Å². The average Bonchev–Trinajstić information content (AvgIpc) is 3.71. The van der Waals surface area contributed by atoms with E-state index in [2.05, 4.69) is 51.3 Å². The van der Waals surface area contributed by atoms with Crippen LogP contribution in [-0.2, 0) is 47.5 Å². The number of methoxy groups -OCH3 is 3. The molecule has 6 aliphatic rings. The molecule has 4 fully saturated rings. The molecule has 12 heteroatoms. The first kappa shape index (κ1) is 42.3. The van der Waals surface area contributed by atoms with Crippen LogP contribution in [0.2, 0.25) is 0 Å². The number of hydrogen-bond donors (Lipinski definition) is 0. The van der Waals surface area contributed by atoms with Gasteiger partial charge in [-0.25, -0.2) is 0 Å². The zero-order chi connectivity index (χ0) is 38.8. The Kier molecular flexibility index (Phi) is 14.5. The third-order valence-electron chi connectivity index (χ3n) is 13.6. The maximum absolute atomic E-state index is 14.8. The summed E-state index contributed by atoms with van der Waals surface area (Å²) in [6.07, 6.45) is 9.78. The number of carbonyl (C=O) groups is 2. The van der Waals surface area contributed by atoms with E-state index in [0.29, 0.717) is 18.4 Å². The van der Waals surface area contributed by atoms with E-state index in [4.69, 9.17) is 37.9 Å². The number of ketones is 1.